The highest BCUT2D eigenvalue weighted by atomic mass is 16.6. The van der Waals surface area contributed by atoms with Gasteiger partial charge in [0, 0.05) is 34.6 Å². The molecule has 0 aliphatic carbocycles. The Labute approximate surface area is 232 Å². The number of aromatic nitrogens is 2. The first-order valence-corrected chi connectivity index (χ1v) is 12.4. The summed E-state index contributed by atoms with van der Waals surface area (Å²) in [5.74, 6) is 4.80. The molecule has 8 heteroatoms. The lowest BCUT2D eigenvalue weighted by Gasteiger charge is -2.19. The lowest BCUT2D eigenvalue weighted by Crippen LogP contribution is -2.24. The normalized spacial score (nSPS) is 10.6. The quantitative estimate of drug-likeness (QED) is 0.265. The smallest absolute Gasteiger partial charge is 0.338 e. The molecular formula is C32H27N3O5. The lowest BCUT2D eigenvalue weighted by atomic mass is 10.1. The molecule has 0 atom stereocenters. The Hall–Kier alpha value is -5.29. The fraction of sp³-hybridized carbons (Fsp3) is 0.156. The zero-order chi connectivity index (χ0) is 28.7. The molecule has 2 aromatic carbocycles. The molecule has 0 fully saturated rings. The summed E-state index contributed by atoms with van der Waals surface area (Å²) in [7, 11) is 1.28. The average Bonchev–Trinajstić information content (AvgIpc) is 2.95. The number of carbonyl (C=O) groups excluding carboxylic acids is 3. The molecule has 0 radical (unpaired) electrons. The minimum atomic E-state index is -0.630. The van der Waals surface area contributed by atoms with Gasteiger partial charge in [-0.25, -0.2) is 14.6 Å². The van der Waals surface area contributed by atoms with Crippen LogP contribution >= 0.6 is 0 Å². The highest BCUT2D eigenvalue weighted by Crippen LogP contribution is 2.23. The number of pyridine rings is 2. The van der Waals surface area contributed by atoms with Crippen LogP contribution in [0.4, 0.5) is 5.82 Å². The van der Waals surface area contributed by atoms with Gasteiger partial charge in [0.25, 0.3) is 5.91 Å². The number of hydrogen-bond acceptors (Lipinski definition) is 7. The van der Waals surface area contributed by atoms with Crippen LogP contribution < -0.4 is 5.32 Å². The van der Waals surface area contributed by atoms with Gasteiger partial charge < -0.3 is 14.8 Å². The predicted octanol–water partition coefficient (Wildman–Crippen LogP) is 5.54. The number of rotatable bonds is 5. The van der Waals surface area contributed by atoms with Crippen LogP contribution in [-0.4, -0.2) is 40.5 Å². The van der Waals surface area contributed by atoms with E-state index in [0.29, 0.717) is 16.8 Å². The molecule has 0 aliphatic rings. The first-order valence-electron chi connectivity index (χ1n) is 12.4. The Morgan fingerprint density at radius 2 is 1.48 bits per heavy atom. The van der Waals surface area contributed by atoms with Crippen molar-refractivity contribution in [2.24, 2.45) is 0 Å². The third-order valence-corrected chi connectivity index (χ3v) is 5.46. The number of carbonyl (C=O) groups is 3. The number of anilines is 1. The highest BCUT2D eigenvalue weighted by Gasteiger charge is 2.19. The van der Waals surface area contributed by atoms with E-state index in [4.69, 9.17) is 9.47 Å². The van der Waals surface area contributed by atoms with Gasteiger partial charge in [0.15, 0.2) is 0 Å². The molecule has 0 unspecified atom stereocenters. The average molecular weight is 534 g/mol. The molecule has 8 nitrogen and oxygen atoms in total. The molecule has 0 saturated carbocycles. The molecule has 0 bridgehead atoms. The van der Waals surface area contributed by atoms with Crippen LogP contribution in [0.15, 0.2) is 85.2 Å². The van der Waals surface area contributed by atoms with E-state index in [1.807, 2.05) is 36.4 Å². The van der Waals surface area contributed by atoms with Crippen LogP contribution in [0.2, 0.25) is 0 Å². The summed E-state index contributed by atoms with van der Waals surface area (Å²) in [6.07, 6.45) is 3.38. The van der Waals surface area contributed by atoms with Gasteiger partial charge in [-0.15, -0.1) is 0 Å². The van der Waals surface area contributed by atoms with Crippen LogP contribution in [0.1, 0.15) is 63.0 Å². The Morgan fingerprint density at radius 1 is 0.800 bits per heavy atom. The molecule has 40 heavy (non-hydrogen) atoms. The van der Waals surface area contributed by atoms with E-state index >= 15 is 0 Å². The molecule has 4 aromatic rings. The molecule has 1 N–H and O–H groups in total. The maximum absolute atomic E-state index is 13.0. The second kappa shape index (κ2) is 12.0. The third-order valence-electron chi connectivity index (χ3n) is 5.46. The van der Waals surface area contributed by atoms with E-state index in [1.165, 1.54) is 37.4 Å². The van der Waals surface area contributed by atoms with E-state index in [9.17, 15) is 14.4 Å². The van der Waals surface area contributed by atoms with Crippen LogP contribution in [0, 0.1) is 11.8 Å². The van der Waals surface area contributed by atoms with Crippen molar-refractivity contribution in [3.05, 3.63) is 113 Å². The molecule has 0 spiro atoms. The molecule has 0 saturated heterocycles. The van der Waals surface area contributed by atoms with E-state index in [0.717, 1.165) is 16.7 Å². The van der Waals surface area contributed by atoms with Gasteiger partial charge in [-0.05, 0) is 81.4 Å². The second-order valence-electron chi connectivity index (χ2n) is 9.72. The fourth-order valence-electron chi connectivity index (χ4n) is 3.57. The van der Waals surface area contributed by atoms with Crippen LogP contribution in [0.25, 0.3) is 11.3 Å². The van der Waals surface area contributed by atoms with Crippen molar-refractivity contribution in [1.82, 2.24) is 9.97 Å². The van der Waals surface area contributed by atoms with Crippen molar-refractivity contribution in [3.63, 3.8) is 0 Å². The second-order valence-corrected chi connectivity index (χ2v) is 9.72. The van der Waals surface area contributed by atoms with E-state index in [1.54, 1.807) is 39.2 Å². The van der Waals surface area contributed by atoms with Gasteiger partial charge in [-0.2, -0.15) is 0 Å². The van der Waals surface area contributed by atoms with Crippen LogP contribution in [-0.2, 0) is 9.47 Å². The SMILES string of the molecule is COC(=O)c1cc(NC(=O)c2ccc(C(=O)OC(C)(C)C)cc2)nc(-c2ccc(C#Cc3cccnc3)cc2)c1. The van der Waals surface area contributed by atoms with Gasteiger partial charge in [-0.1, -0.05) is 24.0 Å². The fourth-order valence-corrected chi connectivity index (χ4v) is 3.57. The number of hydrogen-bond donors (Lipinski definition) is 1. The predicted molar refractivity (Wildman–Crippen MR) is 151 cm³/mol. The molecule has 4 rings (SSSR count). The maximum atomic E-state index is 13.0. The standard InChI is InChI=1S/C32H27N3O5/c1-32(2,3)40-31(38)25-15-13-24(14-16-25)29(36)35-28-19-26(30(37)39-4)18-27(34-28)23-11-9-21(10-12-23)7-8-22-6-5-17-33-20-22/h5-6,9-20H,1-4H3,(H,34,35,36). The molecule has 2 aromatic heterocycles. The minimum absolute atomic E-state index is 0.166. The van der Waals surface area contributed by atoms with Crippen molar-refractivity contribution in [2.45, 2.75) is 26.4 Å². The number of nitrogens with one attached hydrogen (secondary N) is 1. The summed E-state index contributed by atoms with van der Waals surface area (Å²) < 4.78 is 10.2. The summed E-state index contributed by atoms with van der Waals surface area (Å²) in [6, 6.07) is 20.2. The van der Waals surface area contributed by atoms with Crippen molar-refractivity contribution < 1.29 is 23.9 Å². The van der Waals surface area contributed by atoms with Gasteiger partial charge in [-0.3, -0.25) is 9.78 Å². The van der Waals surface area contributed by atoms with Crippen LogP contribution in [0.5, 0.6) is 0 Å². The summed E-state index contributed by atoms with van der Waals surface area (Å²) in [5, 5.41) is 2.72. The van der Waals surface area contributed by atoms with Gasteiger partial charge in [0.2, 0.25) is 0 Å². The number of ether oxygens (including phenoxy) is 2. The van der Waals surface area contributed by atoms with Gasteiger partial charge in [0.05, 0.1) is 23.9 Å². The van der Waals surface area contributed by atoms with E-state index in [-0.39, 0.29) is 11.4 Å². The summed E-state index contributed by atoms with van der Waals surface area (Å²) in [6.45, 7) is 5.34. The summed E-state index contributed by atoms with van der Waals surface area (Å²) >= 11 is 0. The molecule has 200 valence electrons. The lowest BCUT2D eigenvalue weighted by molar-refractivity contribution is 0.00691. The van der Waals surface area contributed by atoms with Gasteiger partial charge in [0.1, 0.15) is 11.4 Å². The first-order chi connectivity index (χ1) is 19.1. The minimum Gasteiger partial charge on any atom is -0.465 e. The zero-order valence-corrected chi connectivity index (χ0v) is 22.5. The molecule has 2 heterocycles. The number of nitrogens with zero attached hydrogens (tertiary/aromatic N) is 2. The summed E-state index contributed by atoms with van der Waals surface area (Å²) in [4.78, 5) is 46.2. The highest BCUT2D eigenvalue weighted by molar-refractivity contribution is 6.05. The van der Waals surface area contributed by atoms with Crippen molar-refractivity contribution in [3.8, 4) is 23.1 Å². The number of benzene rings is 2. The van der Waals surface area contributed by atoms with E-state index in [2.05, 4.69) is 27.1 Å². The monoisotopic (exact) mass is 533 g/mol. The molecular weight excluding hydrogens is 506 g/mol. The third kappa shape index (κ3) is 7.39. The number of esters is 2. The first kappa shape index (κ1) is 27.7. The molecule has 0 aliphatic heterocycles. The number of amides is 1. The Morgan fingerprint density at radius 3 is 2.10 bits per heavy atom. The van der Waals surface area contributed by atoms with Gasteiger partial charge >= 0.3 is 11.9 Å². The maximum Gasteiger partial charge on any atom is 0.338 e. The van der Waals surface area contributed by atoms with Crippen molar-refractivity contribution >= 4 is 23.7 Å². The number of methoxy groups -OCH3 is 1. The Balaban J connectivity index is 1.55. The van der Waals surface area contributed by atoms with Crippen molar-refractivity contribution in [1.29, 1.82) is 0 Å². The zero-order valence-electron chi connectivity index (χ0n) is 22.5. The Kier molecular flexibility index (Phi) is 8.36. The summed E-state index contributed by atoms with van der Waals surface area (Å²) in [5.41, 5.74) is 3.00. The molecule has 1 amide bonds. The Bertz CT molecular complexity index is 1600. The van der Waals surface area contributed by atoms with Crippen LogP contribution in [0.3, 0.4) is 0 Å². The largest absolute Gasteiger partial charge is 0.465 e. The van der Waals surface area contributed by atoms with Crippen molar-refractivity contribution in [2.75, 3.05) is 12.4 Å². The topological polar surface area (TPSA) is 107 Å². The van der Waals surface area contributed by atoms with E-state index < -0.39 is 23.4 Å².